The molecular formula is C19H32FO3P. The summed E-state index contributed by atoms with van der Waals surface area (Å²) >= 11 is 0. The van der Waals surface area contributed by atoms with E-state index in [9.17, 15) is 8.76 Å². The summed E-state index contributed by atoms with van der Waals surface area (Å²) in [5.74, 6) is 0. The Hall–Kier alpha value is -0.960. The van der Waals surface area contributed by atoms with Crippen molar-refractivity contribution in [3.8, 4) is 0 Å². The van der Waals surface area contributed by atoms with Gasteiger partial charge in [0.1, 0.15) is 0 Å². The van der Waals surface area contributed by atoms with Crippen LogP contribution in [0.3, 0.4) is 0 Å². The maximum Gasteiger partial charge on any atom is 0.510 e. The zero-order valence-corrected chi connectivity index (χ0v) is 15.7. The van der Waals surface area contributed by atoms with Crippen LogP contribution in [-0.4, -0.2) is 11.5 Å². The highest BCUT2D eigenvalue weighted by molar-refractivity contribution is 7.46. The first kappa shape index (κ1) is 23.0. The molecule has 0 aromatic heterocycles. The predicted octanol–water partition coefficient (Wildman–Crippen LogP) is 6.83. The van der Waals surface area contributed by atoms with Gasteiger partial charge in [-0.1, -0.05) is 68.4 Å². The highest BCUT2D eigenvalue weighted by Crippen LogP contribution is 2.43. The second kappa shape index (κ2) is 16.9. The summed E-state index contributed by atoms with van der Waals surface area (Å²) in [6.07, 6.45) is 26.1. The second-order valence-corrected chi connectivity index (χ2v) is 6.68. The van der Waals surface area contributed by atoms with Crippen LogP contribution in [0, 0.1) is 0 Å². The standard InChI is InChI=1S/C19H32FO3P/c1-2-3-4-5-6-7-8-9-10-11-12-13-14-15-16-17-18-19-23-24(20,21)22/h6-7,9-10,12-13,15-16H,2-5,8,11,14,17-19H2,1H3,(H,21,22). The van der Waals surface area contributed by atoms with Crippen LogP contribution in [0.5, 0.6) is 0 Å². The average molecular weight is 358 g/mol. The van der Waals surface area contributed by atoms with Crippen LogP contribution in [0.15, 0.2) is 48.6 Å². The summed E-state index contributed by atoms with van der Waals surface area (Å²) in [6, 6.07) is 0. The third kappa shape index (κ3) is 21.0. The van der Waals surface area contributed by atoms with Gasteiger partial charge in [0, 0.05) is 0 Å². The molecule has 0 aliphatic heterocycles. The van der Waals surface area contributed by atoms with Gasteiger partial charge in [0.2, 0.25) is 0 Å². The molecule has 0 rings (SSSR count). The molecule has 0 amide bonds. The highest BCUT2D eigenvalue weighted by Gasteiger charge is 2.15. The molecule has 138 valence electrons. The topological polar surface area (TPSA) is 46.5 Å². The number of hydrogen-bond donors (Lipinski definition) is 1. The Balaban J connectivity index is 3.44. The van der Waals surface area contributed by atoms with E-state index in [1.807, 2.05) is 12.2 Å². The van der Waals surface area contributed by atoms with Gasteiger partial charge in [-0.2, -0.15) is 0 Å². The molecule has 0 heterocycles. The Kier molecular flexibility index (Phi) is 16.2. The third-order valence-electron chi connectivity index (χ3n) is 3.22. The molecule has 0 bridgehead atoms. The van der Waals surface area contributed by atoms with Gasteiger partial charge < -0.3 is 0 Å². The van der Waals surface area contributed by atoms with Crippen LogP contribution in [0.1, 0.15) is 64.7 Å². The van der Waals surface area contributed by atoms with E-state index in [1.165, 1.54) is 25.7 Å². The van der Waals surface area contributed by atoms with Crippen LogP contribution in [0.2, 0.25) is 0 Å². The van der Waals surface area contributed by atoms with Crippen molar-refractivity contribution in [3.05, 3.63) is 48.6 Å². The van der Waals surface area contributed by atoms with Crippen LogP contribution in [0.25, 0.3) is 0 Å². The van der Waals surface area contributed by atoms with Crippen molar-refractivity contribution in [2.75, 3.05) is 6.61 Å². The molecule has 0 spiro atoms. The van der Waals surface area contributed by atoms with Crippen LogP contribution in [0.4, 0.5) is 4.20 Å². The summed E-state index contributed by atoms with van der Waals surface area (Å²) in [5, 5.41) is 0. The predicted molar refractivity (Wildman–Crippen MR) is 101 cm³/mol. The molecule has 5 heteroatoms. The Labute approximate surface area is 146 Å². The van der Waals surface area contributed by atoms with E-state index in [2.05, 4.69) is 47.9 Å². The smallest absolute Gasteiger partial charge is 0.299 e. The average Bonchev–Trinajstić information content (AvgIpc) is 2.52. The zero-order valence-electron chi connectivity index (χ0n) is 14.8. The molecule has 0 saturated heterocycles. The van der Waals surface area contributed by atoms with E-state index in [0.717, 1.165) is 19.3 Å². The molecule has 0 aromatic rings. The summed E-state index contributed by atoms with van der Waals surface area (Å²) in [5.41, 5.74) is 0. The molecule has 1 N–H and O–H groups in total. The normalized spacial score (nSPS) is 15.3. The molecule has 1 unspecified atom stereocenters. The van der Waals surface area contributed by atoms with Gasteiger partial charge in [0.25, 0.3) is 0 Å². The molecular weight excluding hydrogens is 326 g/mol. The maximum atomic E-state index is 12.2. The van der Waals surface area contributed by atoms with E-state index < -0.39 is 7.91 Å². The van der Waals surface area contributed by atoms with Gasteiger partial charge >= 0.3 is 7.91 Å². The molecule has 0 aliphatic carbocycles. The minimum Gasteiger partial charge on any atom is -0.299 e. The minimum absolute atomic E-state index is 0.0394. The van der Waals surface area contributed by atoms with Gasteiger partial charge in [0.05, 0.1) is 6.61 Å². The molecule has 3 nitrogen and oxygen atoms in total. The van der Waals surface area contributed by atoms with Gasteiger partial charge in [-0.05, 0) is 44.9 Å². The van der Waals surface area contributed by atoms with Crippen molar-refractivity contribution >= 4 is 7.91 Å². The van der Waals surface area contributed by atoms with Crippen LogP contribution < -0.4 is 0 Å². The lowest BCUT2D eigenvalue weighted by Gasteiger charge is -2.00. The van der Waals surface area contributed by atoms with Crippen molar-refractivity contribution in [2.24, 2.45) is 0 Å². The van der Waals surface area contributed by atoms with E-state index in [1.54, 1.807) is 0 Å². The van der Waals surface area contributed by atoms with Crippen molar-refractivity contribution in [1.29, 1.82) is 0 Å². The lowest BCUT2D eigenvalue weighted by molar-refractivity contribution is 0.224. The Morgan fingerprint density at radius 3 is 1.75 bits per heavy atom. The summed E-state index contributed by atoms with van der Waals surface area (Å²) in [6.45, 7) is 2.18. The SMILES string of the molecule is CCCCCC=CCC=CCC=CCC=CCCCOP(=O)(O)F. The number of unbranched alkanes of at least 4 members (excludes halogenated alkanes) is 4. The van der Waals surface area contributed by atoms with Gasteiger partial charge in [0.15, 0.2) is 0 Å². The first-order chi connectivity index (χ1) is 11.6. The van der Waals surface area contributed by atoms with Gasteiger partial charge in [-0.15, -0.1) is 4.20 Å². The lowest BCUT2D eigenvalue weighted by atomic mass is 10.2. The number of rotatable bonds is 15. The molecule has 24 heavy (non-hydrogen) atoms. The molecule has 0 saturated carbocycles. The second-order valence-electron chi connectivity index (χ2n) is 5.52. The van der Waals surface area contributed by atoms with Crippen molar-refractivity contribution < 1.29 is 18.2 Å². The Morgan fingerprint density at radius 2 is 1.29 bits per heavy atom. The highest BCUT2D eigenvalue weighted by atomic mass is 31.2. The van der Waals surface area contributed by atoms with Crippen LogP contribution >= 0.6 is 7.91 Å². The first-order valence-corrected chi connectivity index (χ1v) is 10.3. The summed E-state index contributed by atoms with van der Waals surface area (Å²) in [7, 11) is -4.80. The summed E-state index contributed by atoms with van der Waals surface area (Å²) < 4.78 is 26.5. The largest absolute Gasteiger partial charge is 0.510 e. The van der Waals surface area contributed by atoms with E-state index in [4.69, 9.17) is 4.89 Å². The third-order valence-corrected chi connectivity index (χ3v) is 3.72. The van der Waals surface area contributed by atoms with Crippen molar-refractivity contribution in [1.82, 2.24) is 0 Å². The molecule has 1 atom stereocenters. The number of allylic oxidation sites excluding steroid dienone is 8. The van der Waals surface area contributed by atoms with Crippen molar-refractivity contribution in [3.63, 3.8) is 0 Å². The fraction of sp³-hybridized carbons (Fsp3) is 0.579. The minimum atomic E-state index is -4.80. The van der Waals surface area contributed by atoms with Gasteiger partial charge in [-0.25, -0.2) is 4.57 Å². The molecule has 0 fully saturated rings. The fourth-order valence-electron chi connectivity index (χ4n) is 1.94. The van der Waals surface area contributed by atoms with Crippen molar-refractivity contribution in [2.45, 2.75) is 64.7 Å². The molecule has 0 aromatic carbocycles. The molecule has 0 radical (unpaired) electrons. The first-order valence-electron chi connectivity index (χ1n) is 8.83. The molecule has 0 aliphatic rings. The fourth-order valence-corrected chi connectivity index (χ4v) is 2.29. The van der Waals surface area contributed by atoms with Crippen LogP contribution in [-0.2, 0) is 9.09 Å². The maximum absolute atomic E-state index is 12.2. The van der Waals surface area contributed by atoms with E-state index in [-0.39, 0.29) is 6.61 Å². The Morgan fingerprint density at radius 1 is 0.833 bits per heavy atom. The number of hydrogen-bond acceptors (Lipinski definition) is 2. The number of halogens is 1. The quantitative estimate of drug-likeness (QED) is 0.198. The van der Waals surface area contributed by atoms with E-state index in [0.29, 0.717) is 12.8 Å². The lowest BCUT2D eigenvalue weighted by Crippen LogP contribution is -1.88. The van der Waals surface area contributed by atoms with Gasteiger partial charge in [-0.3, -0.25) is 9.42 Å². The summed E-state index contributed by atoms with van der Waals surface area (Å²) in [4.78, 5) is 8.28. The zero-order chi connectivity index (χ0) is 17.9. The van der Waals surface area contributed by atoms with E-state index >= 15 is 0 Å². The Bertz CT molecular complexity index is 436. The monoisotopic (exact) mass is 358 g/mol.